The first kappa shape index (κ1) is 17.2. The van der Waals surface area contributed by atoms with Crippen LogP contribution in [0.25, 0.3) is 0 Å². The van der Waals surface area contributed by atoms with Crippen LogP contribution in [0.3, 0.4) is 0 Å². The third-order valence-electron chi connectivity index (χ3n) is 3.50. The van der Waals surface area contributed by atoms with Crippen molar-refractivity contribution >= 4 is 27.3 Å². The average Bonchev–Trinajstić information content (AvgIpc) is 2.83. The summed E-state index contributed by atoms with van der Waals surface area (Å²) in [5, 5.41) is 5.77. The quantitative estimate of drug-likeness (QED) is 0.464. The summed E-state index contributed by atoms with van der Waals surface area (Å²) < 4.78 is 1.20. The Labute approximate surface area is 131 Å². The molecule has 0 aliphatic heterocycles. The Kier molecular flexibility index (Phi) is 9.84. The molecule has 1 N–H and O–H groups in total. The maximum atomic E-state index is 3.61. The zero-order valence-corrected chi connectivity index (χ0v) is 14.8. The van der Waals surface area contributed by atoms with Crippen LogP contribution in [-0.4, -0.2) is 6.54 Å². The van der Waals surface area contributed by atoms with Crippen LogP contribution in [0, 0.1) is 0 Å². The molecule has 0 radical (unpaired) electrons. The Morgan fingerprint density at radius 1 is 1.11 bits per heavy atom. The zero-order valence-electron chi connectivity index (χ0n) is 12.4. The van der Waals surface area contributed by atoms with E-state index >= 15 is 0 Å². The first-order valence-electron chi connectivity index (χ1n) is 7.71. The Bertz CT molecular complexity index is 324. The third-order valence-corrected chi connectivity index (χ3v) is 5.37. The molecular weight excluding hydrogens is 318 g/mol. The van der Waals surface area contributed by atoms with E-state index in [0.717, 1.165) is 6.54 Å². The Morgan fingerprint density at radius 3 is 2.32 bits per heavy atom. The van der Waals surface area contributed by atoms with E-state index in [1.807, 2.05) is 11.3 Å². The maximum Gasteiger partial charge on any atom is 0.0386 e. The average molecular weight is 346 g/mol. The number of rotatable bonds is 11. The summed E-state index contributed by atoms with van der Waals surface area (Å²) in [5.41, 5.74) is 0. The van der Waals surface area contributed by atoms with Crippen LogP contribution in [0.1, 0.15) is 76.1 Å². The highest BCUT2D eigenvalue weighted by Crippen LogP contribution is 2.25. The molecule has 0 spiro atoms. The summed E-state index contributed by atoms with van der Waals surface area (Å²) in [6.45, 7) is 5.67. The number of unbranched alkanes of at least 4 members (excludes halogenated alkanes) is 7. The molecule has 1 nitrogen and oxygen atoms in total. The second-order valence-electron chi connectivity index (χ2n) is 5.32. The van der Waals surface area contributed by atoms with E-state index in [2.05, 4.69) is 46.5 Å². The van der Waals surface area contributed by atoms with Crippen molar-refractivity contribution in [1.29, 1.82) is 0 Å². The molecular formula is C16H28BrNS. The van der Waals surface area contributed by atoms with Gasteiger partial charge in [0.25, 0.3) is 0 Å². The smallest absolute Gasteiger partial charge is 0.0386 e. The Hall–Kier alpha value is 0.140. The highest BCUT2D eigenvalue weighted by atomic mass is 79.9. The van der Waals surface area contributed by atoms with E-state index in [1.165, 1.54) is 60.7 Å². The molecule has 0 aliphatic rings. The summed E-state index contributed by atoms with van der Waals surface area (Å²) >= 11 is 5.34. The van der Waals surface area contributed by atoms with Crippen LogP contribution in [0.15, 0.2) is 15.9 Å². The predicted octanol–water partition coefficient (Wildman–Crippen LogP) is 6.30. The van der Waals surface area contributed by atoms with Gasteiger partial charge in [-0.1, -0.05) is 51.9 Å². The van der Waals surface area contributed by atoms with Crippen LogP contribution in [0.4, 0.5) is 0 Å². The molecule has 1 atom stereocenters. The summed E-state index contributed by atoms with van der Waals surface area (Å²) in [6, 6.07) is 2.71. The topological polar surface area (TPSA) is 12.0 Å². The van der Waals surface area contributed by atoms with E-state index in [0.29, 0.717) is 6.04 Å². The summed E-state index contributed by atoms with van der Waals surface area (Å²) in [4.78, 5) is 1.42. The van der Waals surface area contributed by atoms with Gasteiger partial charge in [-0.25, -0.2) is 0 Å². The fraction of sp³-hybridized carbons (Fsp3) is 0.750. The van der Waals surface area contributed by atoms with E-state index < -0.39 is 0 Å². The van der Waals surface area contributed by atoms with Crippen molar-refractivity contribution in [2.24, 2.45) is 0 Å². The number of hydrogen-bond donors (Lipinski definition) is 1. The van der Waals surface area contributed by atoms with Gasteiger partial charge in [-0.05, 0) is 41.9 Å². The molecule has 0 bridgehead atoms. The van der Waals surface area contributed by atoms with Gasteiger partial charge in [0.15, 0.2) is 0 Å². The second-order valence-corrected chi connectivity index (χ2v) is 7.18. The van der Waals surface area contributed by atoms with Crippen molar-refractivity contribution < 1.29 is 0 Å². The van der Waals surface area contributed by atoms with Gasteiger partial charge in [0.05, 0.1) is 0 Å². The van der Waals surface area contributed by atoms with E-state index in [4.69, 9.17) is 0 Å². The number of hydrogen-bond acceptors (Lipinski definition) is 2. The second kappa shape index (κ2) is 10.9. The molecule has 1 unspecified atom stereocenters. The number of nitrogens with one attached hydrogen (secondary N) is 1. The van der Waals surface area contributed by atoms with Crippen LogP contribution in [0.5, 0.6) is 0 Å². The molecule has 0 saturated carbocycles. The maximum absolute atomic E-state index is 3.61. The lowest BCUT2D eigenvalue weighted by Gasteiger charge is -2.11. The monoisotopic (exact) mass is 345 g/mol. The SMILES string of the molecule is CCCCCCCCCCNC(C)c1cc(Br)cs1. The minimum atomic E-state index is 0.487. The molecule has 3 heteroatoms. The van der Waals surface area contributed by atoms with Crippen LogP contribution in [-0.2, 0) is 0 Å². The number of halogens is 1. The molecule has 0 aliphatic carbocycles. The fourth-order valence-electron chi connectivity index (χ4n) is 2.23. The summed E-state index contributed by atoms with van der Waals surface area (Å²) in [6.07, 6.45) is 11.1. The van der Waals surface area contributed by atoms with Gasteiger partial charge in [0.1, 0.15) is 0 Å². The molecule has 1 aromatic heterocycles. The predicted molar refractivity (Wildman–Crippen MR) is 91.0 cm³/mol. The van der Waals surface area contributed by atoms with Gasteiger partial charge in [-0.3, -0.25) is 0 Å². The molecule has 0 amide bonds. The molecule has 1 heterocycles. The first-order chi connectivity index (χ1) is 9.24. The van der Waals surface area contributed by atoms with E-state index in [-0.39, 0.29) is 0 Å². The minimum absolute atomic E-state index is 0.487. The van der Waals surface area contributed by atoms with Gasteiger partial charge in [-0.15, -0.1) is 11.3 Å². The molecule has 110 valence electrons. The van der Waals surface area contributed by atoms with Crippen molar-refractivity contribution in [1.82, 2.24) is 5.32 Å². The normalized spacial score (nSPS) is 12.8. The highest BCUT2D eigenvalue weighted by molar-refractivity contribution is 9.10. The van der Waals surface area contributed by atoms with Crippen molar-refractivity contribution in [3.8, 4) is 0 Å². The molecule has 1 rings (SSSR count). The van der Waals surface area contributed by atoms with Crippen molar-refractivity contribution in [2.45, 2.75) is 71.3 Å². The lowest BCUT2D eigenvalue weighted by Crippen LogP contribution is -2.18. The largest absolute Gasteiger partial charge is 0.309 e. The van der Waals surface area contributed by atoms with Gasteiger partial charge >= 0.3 is 0 Å². The van der Waals surface area contributed by atoms with Crippen molar-refractivity contribution in [3.63, 3.8) is 0 Å². The van der Waals surface area contributed by atoms with E-state index in [1.54, 1.807) is 0 Å². The lowest BCUT2D eigenvalue weighted by molar-refractivity contribution is 0.525. The number of thiophene rings is 1. The molecule has 0 fully saturated rings. The van der Waals surface area contributed by atoms with Crippen molar-refractivity contribution in [2.75, 3.05) is 6.54 Å². The highest BCUT2D eigenvalue weighted by Gasteiger charge is 2.06. The summed E-state index contributed by atoms with van der Waals surface area (Å²) in [5.74, 6) is 0. The Balaban J connectivity index is 1.93. The molecule has 1 aromatic rings. The van der Waals surface area contributed by atoms with Gasteiger partial charge < -0.3 is 5.32 Å². The molecule has 0 saturated heterocycles. The summed E-state index contributed by atoms with van der Waals surface area (Å²) in [7, 11) is 0. The lowest BCUT2D eigenvalue weighted by atomic mass is 10.1. The Morgan fingerprint density at radius 2 is 1.74 bits per heavy atom. The van der Waals surface area contributed by atoms with Crippen molar-refractivity contribution in [3.05, 3.63) is 20.8 Å². The van der Waals surface area contributed by atoms with Gasteiger partial charge in [0, 0.05) is 20.8 Å². The zero-order chi connectivity index (χ0) is 13.9. The molecule has 0 aromatic carbocycles. The van der Waals surface area contributed by atoms with Crippen LogP contribution >= 0.6 is 27.3 Å². The third kappa shape index (κ3) is 8.11. The standard InChI is InChI=1S/C16H28BrNS/c1-3-4-5-6-7-8-9-10-11-18-14(2)16-12-15(17)13-19-16/h12-14,18H,3-11H2,1-2H3. The van der Waals surface area contributed by atoms with Crippen LogP contribution < -0.4 is 5.32 Å². The first-order valence-corrected chi connectivity index (χ1v) is 9.38. The fourth-order valence-corrected chi connectivity index (χ4v) is 3.71. The van der Waals surface area contributed by atoms with Gasteiger partial charge in [0.2, 0.25) is 0 Å². The molecule has 19 heavy (non-hydrogen) atoms. The van der Waals surface area contributed by atoms with E-state index in [9.17, 15) is 0 Å². The van der Waals surface area contributed by atoms with Gasteiger partial charge in [-0.2, -0.15) is 0 Å². The minimum Gasteiger partial charge on any atom is -0.309 e. The van der Waals surface area contributed by atoms with Crippen LogP contribution in [0.2, 0.25) is 0 Å².